The van der Waals surface area contributed by atoms with Crippen molar-refractivity contribution in [2.45, 2.75) is 33.4 Å². The van der Waals surface area contributed by atoms with Gasteiger partial charge in [0.1, 0.15) is 0 Å². The van der Waals surface area contributed by atoms with Gasteiger partial charge in [-0.15, -0.1) is 0 Å². The van der Waals surface area contributed by atoms with E-state index < -0.39 is 0 Å². The number of hydrogen-bond acceptors (Lipinski definition) is 2. The maximum absolute atomic E-state index is 9.03. The molecular formula is C13H20ClNO. The molecule has 3 heteroatoms. The Labute approximate surface area is 103 Å². The number of rotatable bonds is 5. The van der Waals surface area contributed by atoms with E-state index in [0.29, 0.717) is 6.04 Å². The summed E-state index contributed by atoms with van der Waals surface area (Å²) < 4.78 is 0. The van der Waals surface area contributed by atoms with Crippen LogP contribution in [0.3, 0.4) is 0 Å². The third-order valence-corrected chi connectivity index (χ3v) is 3.42. The number of benzene rings is 1. The summed E-state index contributed by atoms with van der Waals surface area (Å²) in [5.74, 6) is 0.272. The average Bonchev–Trinajstić information content (AvgIpc) is 2.29. The Balaban J connectivity index is 2.51. The first-order chi connectivity index (χ1) is 7.54. The van der Waals surface area contributed by atoms with E-state index in [2.05, 4.69) is 18.3 Å². The first-order valence-electron chi connectivity index (χ1n) is 5.64. The molecule has 2 nitrogen and oxygen atoms in total. The maximum atomic E-state index is 9.03. The Morgan fingerprint density at radius 3 is 2.62 bits per heavy atom. The highest BCUT2D eigenvalue weighted by molar-refractivity contribution is 6.31. The number of aryl methyl sites for hydroxylation is 1. The fraction of sp³-hybridized carbons (Fsp3) is 0.538. The van der Waals surface area contributed by atoms with Crippen molar-refractivity contribution in [1.29, 1.82) is 0 Å². The second-order valence-electron chi connectivity index (χ2n) is 4.41. The predicted molar refractivity (Wildman–Crippen MR) is 68.7 cm³/mol. The van der Waals surface area contributed by atoms with E-state index in [9.17, 15) is 0 Å². The highest BCUT2D eigenvalue weighted by Crippen LogP contribution is 2.16. The van der Waals surface area contributed by atoms with E-state index in [4.69, 9.17) is 16.7 Å². The van der Waals surface area contributed by atoms with Crippen LogP contribution in [0.1, 0.15) is 25.0 Å². The molecule has 90 valence electrons. The van der Waals surface area contributed by atoms with Crippen molar-refractivity contribution < 1.29 is 5.11 Å². The first-order valence-corrected chi connectivity index (χ1v) is 6.01. The van der Waals surface area contributed by atoms with Crippen LogP contribution in [0.5, 0.6) is 0 Å². The Morgan fingerprint density at radius 1 is 1.38 bits per heavy atom. The second kappa shape index (κ2) is 6.24. The minimum atomic E-state index is 0.216. The van der Waals surface area contributed by atoms with Crippen LogP contribution in [-0.2, 0) is 6.54 Å². The molecule has 0 amide bonds. The highest BCUT2D eigenvalue weighted by atomic mass is 35.5. The number of nitrogens with one attached hydrogen (secondary N) is 1. The molecule has 0 spiro atoms. The summed E-state index contributed by atoms with van der Waals surface area (Å²) in [4.78, 5) is 0. The van der Waals surface area contributed by atoms with Gasteiger partial charge in [-0.05, 0) is 37.0 Å². The zero-order valence-electron chi connectivity index (χ0n) is 10.1. The zero-order chi connectivity index (χ0) is 12.1. The lowest BCUT2D eigenvalue weighted by molar-refractivity contribution is 0.207. The van der Waals surface area contributed by atoms with Crippen molar-refractivity contribution in [3.05, 3.63) is 34.3 Å². The molecule has 0 aliphatic heterocycles. The molecule has 0 bridgehead atoms. The van der Waals surface area contributed by atoms with Crippen LogP contribution in [0.2, 0.25) is 5.02 Å². The van der Waals surface area contributed by atoms with Crippen molar-refractivity contribution in [2.75, 3.05) is 6.61 Å². The molecule has 2 N–H and O–H groups in total. The number of aliphatic hydroxyl groups is 1. The van der Waals surface area contributed by atoms with Gasteiger partial charge in [0.25, 0.3) is 0 Å². The summed E-state index contributed by atoms with van der Waals surface area (Å²) in [6.07, 6.45) is 0. The molecule has 2 atom stereocenters. The molecule has 1 rings (SSSR count). The molecule has 0 radical (unpaired) electrons. The van der Waals surface area contributed by atoms with Crippen LogP contribution >= 0.6 is 11.6 Å². The van der Waals surface area contributed by atoms with Gasteiger partial charge in [-0.3, -0.25) is 0 Å². The molecule has 16 heavy (non-hydrogen) atoms. The van der Waals surface area contributed by atoms with Gasteiger partial charge in [0, 0.05) is 24.2 Å². The van der Waals surface area contributed by atoms with E-state index in [1.54, 1.807) is 0 Å². The zero-order valence-corrected chi connectivity index (χ0v) is 10.9. The first kappa shape index (κ1) is 13.5. The number of hydrogen-bond donors (Lipinski definition) is 2. The van der Waals surface area contributed by atoms with Crippen molar-refractivity contribution >= 4 is 11.6 Å². The lowest BCUT2D eigenvalue weighted by atomic mass is 10.0. The fourth-order valence-corrected chi connectivity index (χ4v) is 1.57. The van der Waals surface area contributed by atoms with Crippen LogP contribution in [0.25, 0.3) is 0 Å². The Kier molecular flexibility index (Phi) is 5.26. The third kappa shape index (κ3) is 3.78. The number of aliphatic hydroxyl groups excluding tert-OH is 1. The fourth-order valence-electron chi connectivity index (χ4n) is 1.45. The highest BCUT2D eigenvalue weighted by Gasteiger charge is 2.10. The maximum Gasteiger partial charge on any atom is 0.0471 e. The minimum absolute atomic E-state index is 0.216. The molecule has 0 aliphatic carbocycles. The van der Waals surface area contributed by atoms with Gasteiger partial charge in [-0.25, -0.2) is 0 Å². The molecule has 0 aromatic heterocycles. The molecule has 0 fully saturated rings. The van der Waals surface area contributed by atoms with Crippen molar-refractivity contribution in [1.82, 2.24) is 5.32 Å². The standard InChI is InChI=1S/C13H20ClNO/c1-9-6-12(4-5-13(9)14)7-15-11(3)10(2)8-16/h4-6,10-11,15-16H,7-8H2,1-3H3. The molecule has 0 saturated heterocycles. The van der Waals surface area contributed by atoms with Gasteiger partial charge in [-0.1, -0.05) is 30.7 Å². The summed E-state index contributed by atoms with van der Waals surface area (Å²) in [5.41, 5.74) is 2.32. The lowest BCUT2D eigenvalue weighted by Gasteiger charge is -2.19. The Bertz CT molecular complexity index is 341. The average molecular weight is 242 g/mol. The summed E-state index contributed by atoms with van der Waals surface area (Å²) in [6.45, 7) is 7.15. The van der Waals surface area contributed by atoms with Crippen LogP contribution in [0.15, 0.2) is 18.2 Å². The second-order valence-corrected chi connectivity index (χ2v) is 4.82. The topological polar surface area (TPSA) is 32.3 Å². The monoisotopic (exact) mass is 241 g/mol. The molecular weight excluding hydrogens is 222 g/mol. The summed E-state index contributed by atoms with van der Waals surface area (Å²) >= 11 is 5.96. The van der Waals surface area contributed by atoms with Crippen molar-refractivity contribution in [2.24, 2.45) is 5.92 Å². The molecule has 1 aromatic carbocycles. The molecule has 0 heterocycles. The van der Waals surface area contributed by atoms with E-state index in [1.165, 1.54) is 5.56 Å². The minimum Gasteiger partial charge on any atom is -0.396 e. The van der Waals surface area contributed by atoms with Gasteiger partial charge in [-0.2, -0.15) is 0 Å². The van der Waals surface area contributed by atoms with Crippen LogP contribution in [0, 0.1) is 12.8 Å². The molecule has 2 unspecified atom stereocenters. The molecule has 0 saturated carbocycles. The van der Waals surface area contributed by atoms with E-state index >= 15 is 0 Å². The largest absolute Gasteiger partial charge is 0.396 e. The Morgan fingerprint density at radius 2 is 2.06 bits per heavy atom. The van der Waals surface area contributed by atoms with Gasteiger partial charge in [0.2, 0.25) is 0 Å². The summed E-state index contributed by atoms with van der Waals surface area (Å²) in [7, 11) is 0. The SMILES string of the molecule is Cc1cc(CNC(C)C(C)CO)ccc1Cl. The predicted octanol–water partition coefficient (Wildman–Crippen LogP) is 2.75. The van der Waals surface area contributed by atoms with E-state index in [0.717, 1.165) is 17.1 Å². The van der Waals surface area contributed by atoms with E-state index in [-0.39, 0.29) is 12.5 Å². The normalized spacial score (nSPS) is 14.8. The number of halogens is 1. The van der Waals surface area contributed by atoms with Crippen molar-refractivity contribution in [3.63, 3.8) is 0 Å². The van der Waals surface area contributed by atoms with Gasteiger partial charge in [0.05, 0.1) is 0 Å². The van der Waals surface area contributed by atoms with Crippen LogP contribution < -0.4 is 5.32 Å². The third-order valence-electron chi connectivity index (χ3n) is 2.99. The smallest absolute Gasteiger partial charge is 0.0471 e. The van der Waals surface area contributed by atoms with Crippen LogP contribution in [-0.4, -0.2) is 17.8 Å². The Hall–Kier alpha value is -0.570. The van der Waals surface area contributed by atoms with Crippen LogP contribution in [0.4, 0.5) is 0 Å². The van der Waals surface area contributed by atoms with Gasteiger partial charge >= 0.3 is 0 Å². The quantitative estimate of drug-likeness (QED) is 0.831. The van der Waals surface area contributed by atoms with Crippen molar-refractivity contribution in [3.8, 4) is 0 Å². The molecule has 1 aromatic rings. The summed E-state index contributed by atoms with van der Waals surface area (Å²) in [5, 5.41) is 13.2. The van der Waals surface area contributed by atoms with Gasteiger partial charge < -0.3 is 10.4 Å². The van der Waals surface area contributed by atoms with E-state index in [1.807, 2.05) is 26.0 Å². The molecule has 0 aliphatic rings. The lowest BCUT2D eigenvalue weighted by Crippen LogP contribution is -2.33. The summed E-state index contributed by atoms with van der Waals surface area (Å²) in [6, 6.07) is 6.35. The van der Waals surface area contributed by atoms with Gasteiger partial charge in [0.15, 0.2) is 0 Å².